The van der Waals surface area contributed by atoms with Gasteiger partial charge in [-0.3, -0.25) is 0 Å². The predicted molar refractivity (Wildman–Crippen MR) is 92.6 cm³/mol. The summed E-state index contributed by atoms with van der Waals surface area (Å²) < 4.78 is 41.6. The van der Waals surface area contributed by atoms with E-state index in [4.69, 9.17) is 11.6 Å². The van der Waals surface area contributed by atoms with E-state index in [1.165, 1.54) is 18.2 Å². The van der Waals surface area contributed by atoms with Gasteiger partial charge in [0.2, 0.25) is 0 Å². The van der Waals surface area contributed by atoms with Crippen LogP contribution in [-0.4, -0.2) is 11.5 Å². The molecule has 1 aliphatic heterocycles. The average Bonchev–Trinajstić information content (AvgIpc) is 3.03. The molecule has 1 aliphatic carbocycles. The molecule has 3 nitrogen and oxygen atoms in total. The number of hydrogen-bond donors (Lipinski definition) is 2. The van der Waals surface area contributed by atoms with Crippen molar-refractivity contribution in [3.05, 3.63) is 64.7 Å². The molecule has 0 aromatic heterocycles. The maximum absolute atomic E-state index is 12.5. The molecule has 2 aliphatic rings. The molecular formula is C19H15ClF3NO2. The van der Waals surface area contributed by atoms with Gasteiger partial charge in [0.15, 0.2) is 0 Å². The van der Waals surface area contributed by atoms with Crippen molar-refractivity contribution in [2.24, 2.45) is 5.92 Å². The van der Waals surface area contributed by atoms with E-state index >= 15 is 0 Å². The summed E-state index contributed by atoms with van der Waals surface area (Å²) >= 11 is 6.31. The fourth-order valence-electron chi connectivity index (χ4n) is 3.85. The van der Waals surface area contributed by atoms with Crippen molar-refractivity contribution in [2.75, 3.05) is 5.32 Å². The van der Waals surface area contributed by atoms with Gasteiger partial charge in [-0.1, -0.05) is 29.8 Å². The second-order valence-corrected chi connectivity index (χ2v) is 6.89. The van der Waals surface area contributed by atoms with Crippen LogP contribution in [0.5, 0.6) is 11.5 Å². The number of ether oxygens (including phenoxy) is 1. The lowest BCUT2D eigenvalue weighted by Crippen LogP contribution is -2.29. The number of aromatic hydroxyl groups is 1. The standard InChI is InChI=1S/C19H15ClF3NO2/c20-16-8-10(25)4-6-14(16)18-13-3-1-2-12(13)15-9-11(26-19(21,22)23)5-7-17(15)24-18/h1-2,4-9,12-13,18,24-25H,3H2/t12-,13+,18-/m1/s1. The number of nitrogens with one attached hydrogen (secondary N) is 1. The number of fused-ring (bicyclic) bond motifs is 3. The summed E-state index contributed by atoms with van der Waals surface area (Å²) in [5.74, 6) is -0.0493. The fourth-order valence-corrected chi connectivity index (χ4v) is 4.14. The van der Waals surface area contributed by atoms with E-state index in [0.29, 0.717) is 5.02 Å². The Balaban J connectivity index is 1.72. The molecule has 1 heterocycles. The van der Waals surface area contributed by atoms with E-state index in [1.807, 2.05) is 12.2 Å². The number of hydrogen-bond acceptors (Lipinski definition) is 3. The van der Waals surface area contributed by atoms with Crippen LogP contribution in [0.4, 0.5) is 18.9 Å². The van der Waals surface area contributed by atoms with Crippen molar-refractivity contribution < 1.29 is 23.0 Å². The highest BCUT2D eigenvalue weighted by molar-refractivity contribution is 6.31. The van der Waals surface area contributed by atoms with Gasteiger partial charge in [-0.2, -0.15) is 0 Å². The minimum absolute atomic E-state index is 0.0297. The molecule has 7 heteroatoms. The molecule has 0 fully saturated rings. The molecule has 136 valence electrons. The third-order valence-electron chi connectivity index (χ3n) is 4.89. The van der Waals surface area contributed by atoms with E-state index in [-0.39, 0.29) is 29.4 Å². The Morgan fingerprint density at radius 3 is 2.65 bits per heavy atom. The first-order valence-electron chi connectivity index (χ1n) is 8.13. The molecule has 0 unspecified atom stereocenters. The van der Waals surface area contributed by atoms with E-state index in [2.05, 4.69) is 10.1 Å². The first-order chi connectivity index (χ1) is 12.3. The molecule has 4 rings (SSSR count). The molecule has 0 saturated carbocycles. The van der Waals surface area contributed by atoms with Crippen LogP contribution in [0.25, 0.3) is 0 Å². The van der Waals surface area contributed by atoms with Gasteiger partial charge in [0, 0.05) is 16.6 Å². The van der Waals surface area contributed by atoms with Crippen molar-refractivity contribution in [2.45, 2.75) is 24.7 Å². The van der Waals surface area contributed by atoms with Gasteiger partial charge in [-0.15, -0.1) is 13.2 Å². The zero-order valence-corrected chi connectivity index (χ0v) is 14.2. The largest absolute Gasteiger partial charge is 0.573 e. The highest BCUT2D eigenvalue weighted by atomic mass is 35.5. The van der Waals surface area contributed by atoms with Crippen LogP contribution >= 0.6 is 11.6 Å². The van der Waals surface area contributed by atoms with Crippen LogP contribution in [0.2, 0.25) is 5.02 Å². The third kappa shape index (κ3) is 3.09. The fraction of sp³-hybridized carbons (Fsp3) is 0.263. The number of allylic oxidation sites excluding steroid dienone is 2. The van der Waals surface area contributed by atoms with Gasteiger partial charge >= 0.3 is 6.36 Å². The first kappa shape index (κ1) is 17.1. The number of anilines is 1. The summed E-state index contributed by atoms with van der Waals surface area (Å²) in [6, 6.07) is 9.08. The average molecular weight is 382 g/mol. The van der Waals surface area contributed by atoms with Gasteiger partial charge in [-0.25, -0.2) is 0 Å². The Labute approximate surface area is 153 Å². The van der Waals surface area contributed by atoms with Crippen LogP contribution in [0, 0.1) is 5.92 Å². The topological polar surface area (TPSA) is 41.5 Å². The molecule has 0 bridgehead atoms. The Bertz CT molecular complexity index is 882. The Hall–Kier alpha value is -2.34. The summed E-state index contributed by atoms with van der Waals surface area (Å²) in [5, 5.41) is 13.4. The minimum Gasteiger partial charge on any atom is -0.508 e. The maximum atomic E-state index is 12.5. The lowest BCUT2D eigenvalue weighted by Gasteiger charge is -2.38. The Morgan fingerprint density at radius 2 is 1.92 bits per heavy atom. The van der Waals surface area contributed by atoms with Crippen LogP contribution in [-0.2, 0) is 0 Å². The van der Waals surface area contributed by atoms with Crippen molar-refractivity contribution in [3.63, 3.8) is 0 Å². The van der Waals surface area contributed by atoms with E-state index in [1.54, 1.807) is 18.2 Å². The quantitative estimate of drug-likeness (QED) is 0.649. The number of alkyl halides is 3. The molecular weight excluding hydrogens is 367 g/mol. The number of phenolic OH excluding ortho intramolecular Hbond substituents is 1. The number of rotatable bonds is 2. The van der Waals surface area contributed by atoms with Crippen LogP contribution < -0.4 is 10.1 Å². The van der Waals surface area contributed by atoms with Crippen LogP contribution in [0.1, 0.15) is 29.5 Å². The molecule has 26 heavy (non-hydrogen) atoms. The Morgan fingerprint density at radius 1 is 1.12 bits per heavy atom. The predicted octanol–water partition coefficient (Wildman–Crippen LogP) is 5.77. The van der Waals surface area contributed by atoms with Crippen LogP contribution in [0.15, 0.2) is 48.6 Å². The zero-order chi connectivity index (χ0) is 18.5. The number of halogens is 4. The van der Waals surface area contributed by atoms with Gasteiger partial charge in [-0.05, 0) is 53.8 Å². The van der Waals surface area contributed by atoms with Crippen LogP contribution in [0.3, 0.4) is 0 Å². The van der Waals surface area contributed by atoms with E-state index in [9.17, 15) is 18.3 Å². The number of benzene rings is 2. The summed E-state index contributed by atoms with van der Waals surface area (Å²) in [6.45, 7) is 0. The maximum Gasteiger partial charge on any atom is 0.573 e. The molecule has 2 N–H and O–H groups in total. The van der Waals surface area contributed by atoms with E-state index < -0.39 is 6.36 Å². The molecule has 0 amide bonds. The lowest BCUT2D eigenvalue weighted by molar-refractivity contribution is -0.274. The summed E-state index contributed by atoms with van der Waals surface area (Å²) in [6.07, 6.45) is 0.112. The van der Waals surface area contributed by atoms with Crippen molar-refractivity contribution in [1.29, 1.82) is 0 Å². The SMILES string of the molecule is Oc1ccc([C@@H]2Nc3ccc(OC(F)(F)F)cc3[C@@H]3C=CC[C@@H]32)c(Cl)c1. The molecule has 0 saturated heterocycles. The normalized spacial score (nSPS) is 23.9. The van der Waals surface area contributed by atoms with Crippen molar-refractivity contribution in [1.82, 2.24) is 0 Å². The summed E-state index contributed by atoms with van der Waals surface area (Å²) in [7, 11) is 0. The Kier molecular flexibility index (Phi) is 4.03. The van der Waals surface area contributed by atoms with E-state index in [0.717, 1.165) is 23.2 Å². The summed E-state index contributed by atoms with van der Waals surface area (Å²) in [4.78, 5) is 0. The van der Waals surface area contributed by atoms with Crippen molar-refractivity contribution in [3.8, 4) is 11.5 Å². The molecule has 2 aromatic carbocycles. The first-order valence-corrected chi connectivity index (χ1v) is 8.51. The van der Waals surface area contributed by atoms with Gasteiger partial charge in [0.1, 0.15) is 11.5 Å². The zero-order valence-electron chi connectivity index (χ0n) is 13.4. The van der Waals surface area contributed by atoms with Gasteiger partial charge < -0.3 is 15.2 Å². The highest BCUT2D eigenvalue weighted by Gasteiger charge is 2.39. The number of phenols is 1. The van der Waals surface area contributed by atoms with Gasteiger partial charge in [0.25, 0.3) is 0 Å². The molecule has 3 atom stereocenters. The summed E-state index contributed by atoms with van der Waals surface area (Å²) in [5.41, 5.74) is 2.38. The molecule has 0 radical (unpaired) electrons. The second kappa shape index (κ2) is 6.13. The molecule has 2 aromatic rings. The third-order valence-corrected chi connectivity index (χ3v) is 5.21. The molecule has 0 spiro atoms. The monoisotopic (exact) mass is 381 g/mol. The van der Waals surface area contributed by atoms with Gasteiger partial charge in [0.05, 0.1) is 6.04 Å². The van der Waals surface area contributed by atoms with Crippen molar-refractivity contribution >= 4 is 17.3 Å². The highest BCUT2D eigenvalue weighted by Crippen LogP contribution is 2.51. The second-order valence-electron chi connectivity index (χ2n) is 6.48. The lowest BCUT2D eigenvalue weighted by atomic mass is 9.77. The smallest absolute Gasteiger partial charge is 0.508 e. The minimum atomic E-state index is -4.72.